The zero-order valence-corrected chi connectivity index (χ0v) is 14.9. The quantitative estimate of drug-likeness (QED) is 0.700. The summed E-state index contributed by atoms with van der Waals surface area (Å²) < 4.78 is 5.12. The molecule has 2 aromatic heterocycles. The van der Waals surface area contributed by atoms with Gasteiger partial charge in [-0.1, -0.05) is 0 Å². The predicted octanol–water partition coefficient (Wildman–Crippen LogP) is 1.96. The molecule has 0 radical (unpaired) electrons. The maximum Gasteiger partial charge on any atom is 0.260 e. The molecule has 1 aliphatic rings. The van der Waals surface area contributed by atoms with Crippen molar-refractivity contribution in [3.05, 3.63) is 34.7 Å². The third-order valence-corrected chi connectivity index (χ3v) is 5.06. The summed E-state index contributed by atoms with van der Waals surface area (Å²) in [5.74, 6) is 0.917. The minimum Gasteiger partial charge on any atom is -0.469 e. The second kappa shape index (κ2) is 8.26. The average Bonchev–Trinajstić information content (AvgIpc) is 3.30. The standard InChI is InChI=1S/C17H22N4O3S/c1-11-14(4-7-24-11)16(23)21-17-20-13(10-25-17)8-15(22)19-6-3-12-2-5-18-9-12/h4,7,10,12,18H,2-3,5-6,8-9H2,1H3,(H,19,22)(H,20,21,23). The van der Waals surface area contributed by atoms with E-state index in [4.69, 9.17) is 4.42 Å². The lowest BCUT2D eigenvalue weighted by molar-refractivity contribution is -0.120. The summed E-state index contributed by atoms with van der Waals surface area (Å²) in [6.07, 6.45) is 3.88. The lowest BCUT2D eigenvalue weighted by Gasteiger charge is -2.08. The van der Waals surface area contributed by atoms with Gasteiger partial charge in [0.15, 0.2) is 5.13 Å². The van der Waals surface area contributed by atoms with Crippen molar-refractivity contribution in [2.45, 2.75) is 26.2 Å². The van der Waals surface area contributed by atoms with Gasteiger partial charge in [0, 0.05) is 11.9 Å². The molecule has 3 rings (SSSR count). The number of hydrogen-bond donors (Lipinski definition) is 3. The van der Waals surface area contributed by atoms with E-state index in [9.17, 15) is 9.59 Å². The Morgan fingerprint density at radius 1 is 1.48 bits per heavy atom. The van der Waals surface area contributed by atoms with Crippen LogP contribution in [0, 0.1) is 12.8 Å². The Morgan fingerprint density at radius 3 is 3.08 bits per heavy atom. The molecule has 0 spiro atoms. The normalized spacial score (nSPS) is 16.8. The third-order valence-electron chi connectivity index (χ3n) is 4.25. The molecule has 1 aliphatic heterocycles. The van der Waals surface area contributed by atoms with Gasteiger partial charge in [0.25, 0.3) is 5.91 Å². The first-order chi connectivity index (χ1) is 12.1. The fourth-order valence-electron chi connectivity index (χ4n) is 2.83. The summed E-state index contributed by atoms with van der Waals surface area (Å²) in [5, 5.41) is 11.3. The molecule has 0 aromatic carbocycles. The number of carbonyl (C=O) groups excluding carboxylic acids is 2. The number of nitrogens with zero attached hydrogens (tertiary/aromatic N) is 1. The minimum absolute atomic E-state index is 0.0418. The van der Waals surface area contributed by atoms with Crippen LogP contribution in [0.3, 0.4) is 0 Å². The molecule has 1 unspecified atom stereocenters. The van der Waals surface area contributed by atoms with Gasteiger partial charge in [-0.05, 0) is 44.8 Å². The summed E-state index contributed by atoms with van der Waals surface area (Å²) >= 11 is 1.31. The molecule has 25 heavy (non-hydrogen) atoms. The molecule has 0 bridgehead atoms. The SMILES string of the molecule is Cc1occc1C(=O)Nc1nc(CC(=O)NCCC2CCNC2)cs1. The van der Waals surface area contributed by atoms with Crippen molar-refractivity contribution >= 4 is 28.3 Å². The Bertz CT molecular complexity index is 734. The van der Waals surface area contributed by atoms with Crippen LogP contribution >= 0.6 is 11.3 Å². The lowest BCUT2D eigenvalue weighted by atomic mass is 10.1. The Kier molecular flexibility index (Phi) is 5.83. The molecule has 0 saturated carbocycles. The van der Waals surface area contributed by atoms with Gasteiger partial charge in [-0.15, -0.1) is 11.3 Å². The van der Waals surface area contributed by atoms with Gasteiger partial charge < -0.3 is 15.1 Å². The summed E-state index contributed by atoms with van der Waals surface area (Å²) in [4.78, 5) is 28.4. The number of nitrogens with one attached hydrogen (secondary N) is 3. The van der Waals surface area contributed by atoms with Gasteiger partial charge in [0.1, 0.15) is 5.76 Å². The maximum atomic E-state index is 12.1. The topological polar surface area (TPSA) is 96.3 Å². The van der Waals surface area contributed by atoms with E-state index in [1.807, 2.05) is 0 Å². The summed E-state index contributed by atoms with van der Waals surface area (Å²) in [7, 11) is 0. The molecule has 0 aliphatic carbocycles. The van der Waals surface area contributed by atoms with Crippen LogP contribution in [0.2, 0.25) is 0 Å². The minimum atomic E-state index is -0.262. The van der Waals surface area contributed by atoms with Gasteiger partial charge in [0.05, 0.1) is 23.9 Å². The van der Waals surface area contributed by atoms with Crippen molar-refractivity contribution in [3.63, 3.8) is 0 Å². The molecule has 1 fully saturated rings. The number of anilines is 1. The molecular weight excluding hydrogens is 340 g/mol. The van der Waals surface area contributed by atoms with E-state index in [-0.39, 0.29) is 18.2 Å². The van der Waals surface area contributed by atoms with Crippen LogP contribution in [0.15, 0.2) is 22.1 Å². The number of aryl methyl sites for hydroxylation is 1. The van der Waals surface area contributed by atoms with Gasteiger partial charge in [-0.2, -0.15) is 0 Å². The van der Waals surface area contributed by atoms with E-state index in [1.165, 1.54) is 24.0 Å². The van der Waals surface area contributed by atoms with Crippen LogP contribution < -0.4 is 16.0 Å². The molecule has 3 heterocycles. The molecule has 2 amide bonds. The van der Waals surface area contributed by atoms with Crippen LogP contribution in [0.25, 0.3) is 0 Å². The van der Waals surface area contributed by atoms with Gasteiger partial charge in [-0.3, -0.25) is 14.9 Å². The van der Waals surface area contributed by atoms with Gasteiger partial charge in [-0.25, -0.2) is 4.98 Å². The molecule has 8 heteroatoms. The number of thiazole rings is 1. The molecule has 1 atom stereocenters. The molecule has 1 saturated heterocycles. The van der Waals surface area contributed by atoms with Crippen molar-refractivity contribution in [2.24, 2.45) is 5.92 Å². The number of hydrogen-bond acceptors (Lipinski definition) is 6. The Balaban J connectivity index is 1.43. The van der Waals surface area contributed by atoms with Crippen molar-refractivity contribution in [1.29, 1.82) is 0 Å². The Hall–Kier alpha value is -2.19. The molecule has 134 valence electrons. The van der Waals surface area contributed by atoms with Crippen molar-refractivity contribution in [3.8, 4) is 0 Å². The average molecular weight is 362 g/mol. The first-order valence-corrected chi connectivity index (χ1v) is 9.27. The second-order valence-corrected chi connectivity index (χ2v) is 7.02. The zero-order chi connectivity index (χ0) is 17.6. The first kappa shape index (κ1) is 17.6. The Morgan fingerprint density at radius 2 is 2.36 bits per heavy atom. The van der Waals surface area contributed by atoms with Crippen molar-refractivity contribution < 1.29 is 14.0 Å². The smallest absolute Gasteiger partial charge is 0.260 e. The van der Waals surface area contributed by atoms with E-state index in [0.29, 0.717) is 34.6 Å². The molecule has 7 nitrogen and oxygen atoms in total. The molecule has 3 N–H and O–H groups in total. The van der Waals surface area contributed by atoms with E-state index in [2.05, 4.69) is 20.9 Å². The van der Waals surface area contributed by atoms with Gasteiger partial charge in [0.2, 0.25) is 5.91 Å². The summed E-state index contributed by atoms with van der Waals surface area (Å²) in [6.45, 7) is 4.54. The number of furan rings is 1. The largest absolute Gasteiger partial charge is 0.469 e. The van der Waals surface area contributed by atoms with E-state index in [1.54, 1.807) is 18.4 Å². The van der Waals surface area contributed by atoms with Crippen molar-refractivity contribution in [1.82, 2.24) is 15.6 Å². The van der Waals surface area contributed by atoms with Crippen LogP contribution in [0.4, 0.5) is 5.13 Å². The first-order valence-electron chi connectivity index (χ1n) is 8.39. The van der Waals surface area contributed by atoms with Gasteiger partial charge >= 0.3 is 0 Å². The molecule has 2 aromatic rings. The van der Waals surface area contributed by atoms with Crippen LogP contribution in [-0.4, -0.2) is 36.4 Å². The maximum absolute atomic E-state index is 12.1. The molecular formula is C17H22N4O3S. The summed E-state index contributed by atoms with van der Waals surface area (Å²) in [6, 6.07) is 1.62. The van der Waals surface area contributed by atoms with Crippen LogP contribution in [-0.2, 0) is 11.2 Å². The van der Waals surface area contributed by atoms with E-state index in [0.717, 1.165) is 19.5 Å². The fraction of sp³-hybridized carbons (Fsp3) is 0.471. The Labute approximate surface area is 150 Å². The highest BCUT2D eigenvalue weighted by molar-refractivity contribution is 7.14. The number of rotatable bonds is 7. The monoisotopic (exact) mass is 362 g/mol. The van der Waals surface area contributed by atoms with Crippen LogP contribution in [0.5, 0.6) is 0 Å². The van der Waals surface area contributed by atoms with E-state index >= 15 is 0 Å². The highest BCUT2D eigenvalue weighted by Gasteiger charge is 2.16. The van der Waals surface area contributed by atoms with Crippen molar-refractivity contribution in [2.75, 3.05) is 25.0 Å². The second-order valence-electron chi connectivity index (χ2n) is 6.16. The predicted molar refractivity (Wildman–Crippen MR) is 95.8 cm³/mol. The van der Waals surface area contributed by atoms with E-state index < -0.39 is 0 Å². The number of amides is 2. The number of aromatic nitrogens is 1. The fourth-order valence-corrected chi connectivity index (χ4v) is 3.54. The highest BCUT2D eigenvalue weighted by Crippen LogP contribution is 2.18. The zero-order valence-electron chi connectivity index (χ0n) is 14.1. The third kappa shape index (κ3) is 4.90. The highest BCUT2D eigenvalue weighted by atomic mass is 32.1. The lowest BCUT2D eigenvalue weighted by Crippen LogP contribution is -2.27. The van der Waals surface area contributed by atoms with Crippen LogP contribution in [0.1, 0.15) is 34.7 Å². The number of carbonyl (C=O) groups is 2. The summed E-state index contributed by atoms with van der Waals surface area (Å²) in [5.41, 5.74) is 1.14.